The smallest absolute Gasteiger partial charge is 0.261 e. The number of nitrogens with zero attached hydrogens (tertiary/aromatic N) is 3. The van der Waals surface area contributed by atoms with Crippen LogP contribution in [0.4, 0.5) is 5.69 Å². The van der Waals surface area contributed by atoms with Crippen molar-refractivity contribution in [2.75, 3.05) is 18.9 Å². The summed E-state index contributed by atoms with van der Waals surface area (Å²) < 4.78 is 15.9. The van der Waals surface area contributed by atoms with E-state index in [4.69, 9.17) is 14.2 Å². The molecule has 1 atom stereocenters. The zero-order chi connectivity index (χ0) is 19.7. The predicted octanol–water partition coefficient (Wildman–Crippen LogP) is 3.42. The van der Waals surface area contributed by atoms with Crippen LogP contribution in [0.15, 0.2) is 52.6 Å². The molecule has 2 aliphatic heterocycles. The number of hydrogen-bond donors (Lipinski definition) is 0. The van der Waals surface area contributed by atoms with Crippen molar-refractivity contribution in [3.05, 3.63) is 48.0 Å². The third kappa shape index (κ3) is 3.31. The first-order valence-corrected chi connectivity index (χ1v) is 8.99. The van der Waals surface area contributed by atoms with E-state index in [0.717, 1.165) is 34.2 Å². The van der Waals surface area contributed by atoms with Gasteiger partial charge in [-0.25, -0.2) is 0 Å². The summed E-state index contributed by atoms with van der Waals surface area (Å²) in [6.45, 7) is 4.42. The van der Waals surface area contributed by atoms with Gasteiger partial charge in [-0.3, -0.25) is 9.79 Å². The average Bonchev–Trinajstić information content (AvgIpc) is 3.29. The van der Waals surface area contributed by atoms with Gasteiger partial charge in [0.25, 0.3) is 5.91 Å². The summed E-state index contributed by atoms with van der Waals surface area (Å²) >= 11 is 0. The Balaban J connectivity index is 1.49. The highest BCUT2D eigenvalue weighted by atomic mass is 16.7. The molecule has 0 aliphatic carbocycles. The Morgan fingerprint density at radius 2 is 1.96 bits per heavy atom. The highest BCUT2D eigenvalue weighted by Crippen LogP contribution is 2.33. The molecule has 2 heterocycles. The number of hydrogen-bond acceptors (Lipinski definition) is 6. The maximum Gasteiger partial charge on any atom is 0.261 e. The molecule has 0 unspecified atom stereocenters. The number of anilines is 1. The summed E-state index contributed by atoms with van der Waals surface area (Å²) in [5, 5.41) is 5.87. The van der Waals surface area contributed by atoms with Gasteiger partial charge in [0.2, 0.25) is 6.79 Å². The van der Waals surface area contributed by atoms with Crippen LogP contribution in [0.25, 0.3) is 0 Å². The molecular weight excluding hydrogens is 358 g/mol. The van der Waals surface area contributed by atoms with E-state index in [9.17, 15) is 4.79 Å². The van der Waals surface area contributed by atoms with E-state index in [1.54, 1.807) is 19.2 Å². The maximum absolute atomic E-state index is 12.9. The summed E-state index contributed by atoms with van der Waals surface area (Å²) in [7, 11) is 1.61. The van der Waals surface area contributed by atoms with Crippen molar-refractivity contribution in [2.45, 2.75) is 20.4 Å². The van der Waals surface area contributed by atoms with E-state index >= 15 is 0 Å². The molecule has 0 saturated carbocycles. The fourth-order valence-corrected chi connectivity index (χ4v) is 3.30. The molecule has 2 aromatic rings. The number of aliphatic imine (C=N–C) groups is 1. The molecule has 0 spiro atoms. The van der Waals surface area contributed by atoms with Crippen molar-refractivity contribution in [3.8, 4) is 17.2 Å². The van der Waals surface area contributed by atoms with Crippen molar-refractivity contribution in [1.82, 2.24) is 0 Å². The molecule has 1 amide bonds. The number of ether oxygens (including phenoxy) is 3. The Hall–Kier alpha value is -3.35. The van der Waals surface area contributed by atoms with Crippen molar-refractivity contribution < 1.29 is 19.0 Å². The molecule has 0 radical (unpaired) electrons. The third-order valence-corrected chi connectivity index (χ3v) is 4.81. The van der Waals surface area contributed by atoms with Crippen LogP contribution in [0.2, 0.25) is 0 Å². The zero-order valence-electron chi connectivity index (χ0n) is 16.0. The molecule has 7 nitrogen and oxygen atoms in total. The fourth-order valence-electron chi connectivity index (χ4n) is 3.30. The predicted molar refractivity (Wildman–Crippen MR) is 106 cm³/mol. The number of amides is 1. The van der Waals surface area contributed by atoms with Crippen LogP contribution in [0.1, 0.15) is 19.4 Å². The summed E-state index contributed by atoms with van der Waals surface area (Å²) in [4.78, 5) is 17.6. The minimum absolute atomic E-state index is 0.102. The number of carbonyl (C=O) groups is 1. The van der Waals surface area contributed by atoms with Crippen molar-refractivity contribution in [2.24, 2.45) is 16.0 Å². The Labute approximate surface area is 163 Å². The van der Waals surface area contributed by atoms with E-state index in [2.05, 4.69) is 10.1 Å². The van der Waals surface area contributed by atoms with Gasteiger partial charge >= 0.3 is 0 Å². The summed E-state index contributed by atoms with van der Waals surface area (Å²) in [5.41, 5.74) is 3.17. The van der Waals surface area contributed by atoms with Gasteiger partial charge in [0.15, 0.2) is 11.5 Å². The molecule has 2 aromatic carbocycles. The molecule has 0 saturated heterocycles. The molecule has 0 fully saturated rings. The van der Waals surface area contributed by atoms with Gasteiger partial charge in [0.05, 0.1) is 25.1 Å². The van der Waals surface area contributed by atoms with E-state index in [-0.39, 0.29) is 12.7 Å². The minimum Gasteiger partial charge on any atom is -0.497 e. The second-order valence-corrected chi connectivity index (χ2v) is 6.67. The first kappa shape index (κ1) is 18.0. The highest BCUT2D eigenvalue weighted by Gasteiger charge is 2.36. The van der Waals surface area contributed by atoms with Crippen molar-refractivity contribution >= 4 is 23.0 Å². The number of hydrazone groups is 1. The van der Waals surface area contributed by atoms with Gasteiger partial charge in [-0.1, -0.05) is 6.07 Å². The number of methoxy groups -OCH3 is 1. The Morgan fingerprint density at radius 1 is 1.21 bits per heavy atom. The van der Waals surface area contributed by atoms with Gasteiger partial charge in [0.1, 0.15) is 11.7 Å². The van der Waals surface area contributed by atoms with Crippen LogP contribution in [-0.2, 0) is 11.3 Å². The lowest BCUT2D eigenvalue weighted by molar-refractivity contribution is -0.118. The normalized spacial score (nSPS) is 18.5. The Kier molecular flexibility index (Phi) is 4.73. The van der Waals surface area contributed by atoms with Gasteiger partial charge in [-0.2, -0.15) is 10.1 Å². The number of benzene rings is 2. The molecule has 0 N–H and O–H groups in total. The lowest BCUT2D eigenvalue weighted by Gasteiger charge is -2.15. The van der Waals surface area contributed by atoms with Crippen molar-refractivity contribution in [3.63, 3.8) is 0 Å². The Morgan fingerprint density at radius 3 is 2.71 bits per heavy atom. The number of fused-ring (bicyclic) bond motifs is 1. The second kappa shape index (κ2) is 7.34. The summed E-state index contributed by atoms with van der Waals surface area (Å²) in [5.74, 6) is 1.65. The molecule has 2 aliphatic rings. The molecule has 144 valence electrons. The van der Waals surface area contributed by atoms with Crippen LogP contribution in [-0.4, -0.2) is 31.2 Å². The lowest BCUT2D eigenvalue weighted by atomic mass is 9.99. The largest absolute Gasteiger partial charge is 0.497 e. The van der Waals surface area contributed by atoms with Crippen molar-refractivity contribution in [1.29, 1.82) is 0 Å². The van der Waals surface area contributed by atoms with Gasteiger partial charge in [-0.05, 0) is 55.8 Å². The number of rotatable bonds is 5. The SMILES string of the molecule is COc1ccc(N2N=C(C)[C@@H](C(C)=NCc3ccc4c(c3)OCO4)C2=O)cc1. The van der Waals surface area contributed by atoms with E-state index in [0.29, 0.717) is 12.2 Å². The lowest BCUT2D eigenvalue weighted by Crippen LogP contribution is -2.31. The maximum atomic E-state index is 12.9. The molecule has 0 aromatic heterocycles. The van der Waals surface area contributed by atoms with E-state index < -0.39 is 5.92 Å². The first-order valence-electron chi connectivity index (χ1n) is 8.99. The number of carbonyl (C=O) groups excluding carboxylic acids is 1. The average molecular weight is 379 g/mol. The quantitative estimate of drug-likeness (QED) is 0.746. The molecule has 4 rings (SSSR count). The van der Waals surface area contributed by atoms with Gasteiger partial charge in [0, 0.05) is 5.71 Å². The zero-order valence-corrected chi connectivity index (χ0v) is 16.0. The topological polar surface area (TPSA) is 72.7 Å². The highest BCUT2D eigenvalue weighted by molar-refractivity contribution is 6.27. The summed E-state index contributed by atoms with van der Waals surface area (Å²) in [6, 6.07) is 13.0. The standard InChI is InChI=1S/C21H21N3O4/c1-13(22-11-15-4-9-18-19(10-15)28-12-27-18)20-14(2)23-24(21(20)25)16-5-7-17(26-3)8-6-16/h4-10,20H,11-12H2,1-3H3/t20-/m1/s1. The fraction of sp³-hybridized carbons (Fsp3) is 0.286. The van der Waals surface area contributed by atoms with Gasteiger partial charge in [-0.15, -0.1) is 0 Å². The molecular formula is C21H21N3O4. The molecule has 7 heteroatoms. The first-order chi connectivity index (χ1) is 13.6. The van der Waals surface area contributed by atoms with E-state index in [1.165, 1.54) is 5.01 Å². The van der Waals surface area contributed by atoms with Gasteiger partial charge < -0.3 is 14.2 Å². The molecule has 0 bridgehead atoms. The van der Waals surface area contributed by atoms with E-state index in [1.807, 2.05) is 44.2 Å². The summed E-state index contributed by atoms with van der Waals surface area (Å²) in [6.07, 6.45) is 0. The van der Waals surface area contributed by atoms with Crippen LogP contribution in [0.5, 0.6) is 17.2 Å². The van der Waals surface area contributed by atoms with Crippen LogP contribution < -0.4 is 19.2 Å². The molecule has 28 heavy (non-hydrogen) atoms. The minimum atomic E-state index is -0.448. The Bertz CT molecular complexity index is 966. The second-order valence-electron chi connectivity index (χ2n) is 6.67. The van der Waals surface area contributed by atoms with Crippen LogP contribution in [0, 0.1) is 5.92 Å². The van der Waals surface area contributed by atoms with Crippen LogP contribution in [0.3, 0.4) is 0 Å². The third-order valence-electron chi connectivity index (χ3n) is 4.81. The monoisotopic (exact) mass is 379 g/mol. The van der Waals surface area contributed by atoms with Crippen LogP contribution >= 0.6 is 0 Å².